The zero-order valence-electron chi connectivity index (χ0n) is 23.9. The van der Waals surface area contributed by atoms with Crippen LogP contribution in [0.15, 0.2) is 42.5 Å². The molecule has 0 atom stereocenters. The number of anilines is 1. The van der Waals surface area contributed by atoms with Crippen LogP contribution in [0.4, 0.5) is 5.82 Å². The highest BCUT2D eigenvalue weighted by molar-refractivity contribution is 5.84. The summed E-state index contributed by atoms with van der Waals surface area (Å²) in [4.78, 5) is 37.4. The molecule has 2 aromatic carbocycles. The van der Waals surface area contributed by atoms with Gasteiger partial charge in [0, 0.05) is 62.2 Å². The van der Waals surface area contributed by atoms with Crippen molar-refractivity contribution >= 4 is 28.5 Å². The van der Waals surface area contributed by atoms with Crippen LogP contribution in [0.2, 0.25) is 0 Å². The molecule has 0 unspecified atom stereocenters. The predicted molar refractivity (Wildman–Crippen MR) is 157 cm³/mol. The molecule has 1 aromatic heterocycles. The van der Waals surface area contributed by atoms with E-state index in [1.165, 1.54) is 5.56 Å². The highest BCUT2D eigenvalue weighted by atomic mass is 16.5. The molecule has 2 fully saturated rings. The number of nitrogens with zero attached hydrogens (tertiary/aromatic N) is 4. The smallest absolute Gasteiger partial charge is 0.227 e. The monoisotopic (exact) mass is 544 g/mol. The highest BCUT2D eigenvalue weighted by Gasteiger charge is 2.24. The molecule has 2 amide bonds. The zero-order chi connectivity index (χ0) is 28.1. The molecule has 212 valence electrons. The quantitative estimate of drug-likeness (QED) is 0.347. The second-order valence-corrected chi connectivity index (χ2v) is 10.9. The number of carbonyl (C=O) groups is 2. The number of aryl methyl sites for hydroxylation is 1. The average molecular weight is 545 g/mol. The molecule has 0 aliphatic carbocycles. The Morgan fingerprint density at radius 2 is 1.80 bits per heavy atom. The normalized spacial score (nSPS) is 15.2. The number of aromatic nitrogens is 1. The van der Waals surface area contributed by atoms with E-state index >= 15 is 0 Å². The molecule has 0 N–H and O–H groups in total. The van der Waals surface area contributed by atoms with Crippen LogP contribution >= 0.6 is 0 Å². The van der Waals surface area contributed by atoms with E-state index in [2.05, 4.69) is 36.1 Å². The summed E-state index contributed by atoms with van der Waals surface area (Å²) < 4.78 is 11.0. The van der Waals surface area contributed by atoms with E-state index < -0.39 is 0 Å². The molecule has 2 aliphatic heterocycles. The van der Waals surface area contributed by atoms with Crippen LogP contribution in [0.25, 0.3) is 10.9 Å². The van der Waals surface area contributed by atoms with Crippen molar-refractivity contribution in [2.24, 2.45) is 0 Å². The lowest BCUT2D eigenvalue weighted by Crippen LogP contribution is -2.36. The molecule has 0 saturated carbocycles. The van der Waals surface area contributed by atoms with E-state index in [4.69, 9.17) is 14.5 Å². The average Bonchev–Trinajstić information content (AvgIpc) is 3.64. The van der Waals surface area contributed by atoms with Crippen molar-refractivity contribution in [2.75, 3.05) is 51.8 Å². The molecule has 0 bridgehead atoms. The van der Waals surface area contributed by atoms with Crippen LogP contribution in [0, 0.1) is 6.92 Å². The number of pyridine rings is 1. The number of fused-ring (bicyclic) bond motifs is 1. The lowest BCUT2D eigenvalue weighted by Gasteiger charge is -2.28. The topological polar surface area (TPSA) is 75.2 Å². The van der Waals surface area contributed by atoms with E-state index in [9.17, 15) is 9.59 Å². The van der Waals surface area contributed by atoms with Gasteiger partial charge >= 0.3 is 0 Å². The Kier molecular flexibility index (Phi) is 8.72. The first-order valence-corrected chi connectivity index (χ1v) is 14.4. The van der Waals surface area contributed by atoms with Gasteiger partial charge in [0.05, 0.1) is 26.2 Å². The highest BCUT2D eigenvalue weighted by Crippen LogP contribution is 2.30. The number of carbonyl (C=O) groups excluding carboxylic acids is 2. The second-order valence-electron chi connectivity index (χ2n) is 10.9. The summed E-state index contributed by atoms with van der Waals surface area (Å²) in [6.07, 6.45) is 4.76. The van der Waals surface area contributed by atoms with Gasteiger partial charge in [-0.25, -0.2) is 4.98 Å². The summed E-state index contributed by atoms with van der Waals surface area (Å²) in [5.41, 5.74) is 4.01. The number of hydrogen-bond donors (Lipinski definition) is 0. The van der Waals surface area contributed by atoms with Crippen LogP contribution in [0.5, 0.6) is 11.5 Å². The Morgan fingerprint density at radius 3 is 2.52 bits per heavy atom. The van der Waals surface area contributed by atoms with E-state index in [1.54, 1.807) is 14.2 Å². The summed E-state index contributed by atoms with van der Waals surface area (Å²) in [6.45, 7) is 6.53. The zero-order valence-corrected chi connectivity index (χ0v) is 23.9. The van der Waals surface area contributed by atoms with Gasteiger partial charge in [0.2, 0.25) is 11.8 Å². The maximum Gasteiger partial charge on any atom is 0.227 e. The Morgan fingerprint density at radius 1 is 0.975 bits per heavy atom. The van der Waals surface area contributed by atoms with Gasteiger partial charge in [-0.2, -0.15) is 0 Å². The summed E-state index contributed by atoms with van der Waals surface area (Å²) in [5, 5.41) is 1.09. The Labute approximate surface area is 236 Å². The minimum atomic E-state index is 0.0102. The minimum absolute atomic E-state index is 0.0102. The van der Waals surface area contributed by atoms with Crippen molar-refractivity contribution < 1.29 is 19.1 Å². The molecule has 3 aromatic rings. The fourth-order valence-corrected chi connectivity index (χ4v) is 5.83. The van der Waals surface area contributed by atoms with Gasteiger partial charge in [-0.15, -0.1) is 0 Å². The standard InChI is InChI=1S/C32H40N4O4/c1-23-9-11-28-24(18-23)19-26(32(33-28)35-13-4-5-14-35)22-36(17-7-16-34-15-6-8-30(34)37)31(38)21-25-20-27(39-2)10-12-29(25)40-3/h9-12,18-20H,4-8,13-17,21-22H2,1-3H3. The van der Waals surface area contributed by atoms with Gasteiger partial charge in [-0.1, -0.05) is 11.6 Å². The van der Waals surface area contributed by atoms with Crippen molar-refractivity contribution in [2.45, 2.75) is 52.0 Å². The molecule has 8 heteroatoms. The van der Waals surface area contributed by atoms with Gasteiger partial charge < -0.3 is 24.2 Å². The van der Waals surface area contributed by atoms with E-state index in [-0.39, 0.29) is 18.2 Å². The molecule has 40 heavy (non-hydrogen) atoms. The number of likely N-dealkylation sites (tertiary alicyclic amines) is 1. The van der Waals surface area contributed by atoms with Crippen molar-refractivity contribution in [1.82, 2.24) is 14.8 Å². The van der Waals surface area contributed by atoms with Crippen molar-refractivity contribution in [3.05, 3.63) is 59.2 Å². The van der Waals surface area contributed by atoms with Crippen molar-refractivity contribution in [3.63, 3.8) is 0 Å². The number of ether oxygens (including phenoxy) is 2. The molecular weight excluding hydrogens is 504 g/mol. The fraction of sp³-hybridized carbons (Fsp3) is 0.469. The first kappa shape index (κ1) is 27.7. The van der Waals surface area contributed by atoms with Crippen LogP contribution in [0.3, 0.4) is 0 Å². The SMILES string of the molecule is COc1ccc(OC)c(CC(=O)N(CCCN2CCCC2=O)Cc2cc3cc(C)ccc3nc2N2CCCC2)c1. The summed E-state index contributed by atoms with van der Waals surface area (Å²) in [6, 6.07) is 14.1. The second kappa shape index (κ2) is 12.6. The molecule has 0 radical (unpaired) electrons. The van der Waals surface area contributed by atoms with Crippen LogP contribution < -0.4 is 14.4 Å². The minimum Gasteiger partial charge on any atom is -0.497 e. The Balaban J connectivity index is 1.44. The molecule has 0 spiro atoms. The Bertz CT molecular complexity index is 1370. The van der Waals surface area contributed by atoms with Gasteiger partial charge in [0.25, 0.3) is 0 Å². The van der Waals surface area contributed by atoms with Crippen LogP contribution in [-0.2, 0) is 22.6 Å². The van der Waals surface area contributed by atoms with Gasteiger partial charge in [-0.05, 0) is 69.0 Å². The maximum atomic E-state index is 13.9. The van der Waals surface area contributed by atoms with Gasteiger partial charge in [0.15, 0.2) is 0 Å². The maximum absolute atomic E-state index is 13.9. The largest absolute Gasteiger partial charge is 0.497 e. The van der Waals surface area contributed by atoms with Crippen LogP contribution in [-0.4, -0.2) is 73.5 Å². The third-order valence-corrected chi connectivity index (χ3v) is 8.00. The fourth-order valence-electron chi connectivity index (χ4n) is 5.83. The number of methoxy groups -OCH3 is 2. The van der Waals surface area contributed by atoms with Crippen molar-refractivity contribution in [1.29, 1.82) is 0 Å². The van der Waals surface area contributed by atoms with Crippen LogP contribution in [0.1, 0.15) is 48.8 Å². The first-order chi connectivity index (χ1) is 19.4. The summed E-state index contributed by atoms with van der Waals surface area (Å²) in [7, 11) is 3.24. The number of hydrogen-bond acceptors (Lipinski definition) is 6. The number of rotatable bonds is 11. The van der Waals surface area contributed by atoms with E-state index in [0.717, 1.165) is 73.2 Å². The third-order valence-electron chi connectivity index (χ3n) is 8.00. The van der Waals surface area contributed by atoms with E-state index in [1.807, 2.05) is 28.0 Å². The lowest BCUT2D eigenvalue weighted by molar-refractivity contribution is -0.131. The number of benzene rings is 2. The molecular formula is C32H40N4O4. The van der Waals surface area contributed by atoms with Gasteiger partial charge in [0.1, 0.15) is 17.3 Å². The van der Waals surface area contributed by atoms with Gasteiger partial charge in [-0.3, -0.25) is 9.59 Å². The predicted octanol–water partition coefficient (Wildman–Crippen LogP) is 4.74. The van der Waals surface area contributed by atoms with E-state index in [0.29, 0.717) is 37.6 Å². The molecule has 8 nitrogen and oxygen atoms in total. The van der Waals surface area contributed by atoms with Crippen molar-refractivity contribution in [3.8, 4) is 11.5 Å². The number of amides is 2. The molecule has 3 heterocycles. The lowest BCUT2D eigenvalue weighted by atomic mass is 10.1. The Hall–Kier alpha value is -3.81. The first-order valence-electron chi connectivity index (χ1n) is 14.4. The summed E-state index contributed by atoms with van der Waals surface area (Å²) in [5.74, 6) is 2.55. The molecule has 2 saturated heterocycles. The third kappa shape index (κ3) is 6.32. The summed E-state index contributed by atoms with van der Waals surface area (Å²) >= 11 is 0. The molecule has 2 aliphatic rings. The molecule has 5 rings (SSSR count).